The normalized spacial score (nSPS) is 22.5. The molecule has 2 aliphatic rings. The number of hydrogen-bond donors (Lipinski definition) is 1. The molecule has 0 aromatic heterocycles. The number of carbonyl (C=O) groups excluding carboxylic acids is 1. The highest BCUT2D eigenvalue weighted by molar-refractivity contribution is 6.03. The second-order valence-corrected chi connectivity index (χ2v) is 7.02. The first-order chi connectivity index (χ1) is 12.2. The second-order valence-electron chi connectivity index (χ2n) is 7.02. The van der Waals surface area contributed by atoms with E-state index >= 15 is 0 Å². The predicted molar refractivity (Wildman–Crippen MR) is 99.0 cm³/mol. The minimum Gasteiger partial charge on any atom is -0.494 e. The van der Waals surface area contributed by atoms with E-state index < -0.39 is 0 Å². The predicted octanol–water partition coefficient (Wildman–Crippen LogP) is 3.34. The lowest BCUT2D eigenvalue weighted by atomic mass is 9.85. The number of nitrogens with two attached hydrogens (primary N) is 1. The number of nitrogen functional groups attached to an aromatic ring is 1. The molecule has 4 nitrogen and oxygen atoms in total. The summed E-state index contributed by atoms with van der Waals surface area (Å²) in [6.07, 6.45) is 1.95. The lowest BCUT2D eigenvalue weighted by molar-refractivity contribution is 0.0835. The first-order valence-electron chi connectivity index (χ1n) is 9.06. The number of likely N-dealkylation sites (tertiary alicyclic amines) is 1. The number of hydrogen-bond acceptors (Lipinski definition) is 4. The SMILES string of the molecule is Nc1ccc(OCCCN2CCC3C(=O)c4ccccc4C3C2)cc1. The Morgan fingerprint density at radius 2 is 1.88 bits per heavy atom. The molecular weight excluding hydrogens is 312 g/mol. The van der Waals surface area contributed by atoms with Gasteiger partial charge in [-0.2, -0.15) is 0 Å². The van der Waals surface area contributed by atoms with Crippen molar-refractivity contribution in [2.75, 3.05) is 32.0 Å². The van der Waals surface area contributed by atoms with Gasteiger partial charge in [0.05, 0.1) is 6.61 Å². The molecule has 0 spiro atoms. The highest BCUT2D eigenvalue weighted by atomic mass is 16.5. The third-order valence-corrected chi connectivity index (χ3v) is 5.43. The van der Waals surface area contributed by atoms with Crippen LogP contribution in [-0.4, -0.2) is 36.9 Å². The van der Waals surface area contributed by atoms with Gasteiger partial charge in [-0.1, -0.05) is 24.3 Å². The Kier molecular flexibility index (Phi) is 4.45. The van der Waals surface area contributed by atoms with E-state index in [-0.39, 0.29) is 5.92 Å². The Labute approximate surface area is 148 Å². The Morgan fingerprint density at radius 3 is 2.72 bits per heavy atom. The molecule has 2 atom stereocenters. The van der Waals surface area contributed by atoms with Gasteiger partial charge in [0.15, 0.2) is 5.78 Å². The highest BCUT2D eigenvalue weighted by Crippen LogP contribution is 2.42. The zero-order chi connectivity index (χ0) is 17.2. The molecule has 130 valence electrons. The van der Waals surface area contributed by atoms with Gasteiger partial charge in [0, 0.05) is 36.2 Å². The molecule has 1 saturated heterocycles. The van der Waals surface area contributed by atoms with Gasteiger partial charge in [-0.05, 0) is 49.2 Å². The molecule has 2 aromatic carbocycles. The molecule has 0 saturated carbocycles. The highest BCUT2D eigenvalue weighted by Gasteiger charge is 2.42. The molecule has 2 N–H and O–H groups in total. The summed E-state index contributed by atoms with van der Waals surface area (Å²) in [5.74, 6) is 1.78. The van der Waals surface area contributed by atoms with Gasteiger partial charge < -0.3 is 15.4 Å². The summed E-state index contributed by atoms with van der Waals surface area (Å²) in [5.41, 5.74) is 8.63. The summed E-state index contributed by atoms with van der Waals surface area (Å²) < 4.78 is 5.78. The van der Waals surface area contributed by atoms with Crippen molar-refractivity contribution in [3.63, 3.8) is 0 Å². The molecule has 0 amide bonds. The number of benzene rings is 2. The molecule has 4 rings (SSSR count). The number of carbonyl (C=O) groups is 1. The van der Waals surface area contributed by atoms with Gasteiger partial charge in [-0.15, -0.1) is 0 Å². The van der Waals surface area contributed by atoms with E-state index in [9.17, 15) is 4.79 Å². The molecule has 0 bridgehead atoms. The van der Waals surface area contributed by atoms with Crippen LogP contribution in [0.5, 0.6) is 5.75 Å². The third-order valence-electron chi connectivity index (χ3n) is 5.43. The van der Waals surface area contributed by atoms with Gasteiger partial charge in [0.1, 0.15) is 5.75 Å². The molecule has 0 radical (unpaired) electrons. The molecule has 1 aliphatic carbocycles. The quantitative estimate of drug-likeness (QED) is 0.672. The molecular formula is C21H24N2O2. The third kappa shape index (κ3) is 3.27. The van der Waals surface area contributed by atoms with E-state index in [2.05, 4.69) is 11.0 Å². The molecule has 2 aromatic rings. The average Bonchev–Trinajstić information content (AvgIpc) is 2.93. The zero-order valence-electron chi connectivity index (χ0n) is 14.4. The van der Waals surface area contributed by atoms with Crippen LogP contribution in [0.4, 0.5) is 5.69 Å². The van der Waals surface area contributed by atoms with Crippen molar-refractivity contribution in [3.8, 4) is 5.75 Å². The fraction of sp³-hybridized carbons (Fsp3) is 0.381. The van der Waals surface area contributed by atoms with Crippen molar-refractivity contribution in [2.24, 2.45) is 5.92 Å². The first-order valence-corrected chi connectivity index (χ1v) is 9.06. The van der Waals surface area contributed by atoms with E-state index in [0.717, 1.165) is 49.5 Å². The van der Waals surface area contributed by atoms with Crippen molar-refractivity contribution in [2.45, 2.75) is 18.8 Å². The Hall–Kier alpha value is -2.33. The Bertz CT molecular complexity index is 757. The maximum absolute atomic E-state index is 12.5. The number of ketones is 1. The molecule has 4 heteroatoms. The lowest BCUT2D eigenvalue weighted by Gasteiger charge is -2.34. The van der Waals surface area contributed by atoms with E-state index in [1.54, 1.807) is 0 Å². The summed E-state index contributed by atoms with van der Waals surface area (Å²) >= 11 is 0. The van der Waals surface area contributed by atoms with Crippen LogP contribution >= 0.6 is 0 Å². The second kappa shape index (κ2) is 6.89. The number of Topliss-reactive ketones (excluding diaryl/α,β-unsaturated/α-hetero) is 1. The Morgan fingerprint density at radius 1 is 1.08 bits per heavy atom. The van der Waals surface area contributed by atoms with Crippen LogP contribution in [0, 0.1) is 5.92 Å². The monoisotopic (exact) mass is 336 g/mol. The smallest absolute Gasteiger partial charge is 0.166 e. The van der Waals surface area contributed by atoms with Crippen molar-refractivity contribution >= 4 is 11.5 Å². The van der Waals surface area contributed by atoms with Crippen LogP contribution in [0.3, 0.4) is 0 Å². The molecule has 2 unspecified atom stereocenters. The summed E-state index contributed by atoms with van der Waals surface area (Å²) in [6, 6.07) is 15.7. The Balaban J connectivity index is 1.29. The zero-order valence-corrected chi connectivity index (χ0v) is 14.4. The van der Waals surface area contributed by atoms with E-state index in [1.165, 1.54) is 5.56 Å². The summed E-state index contributed by atoms with van der Waals surface area (Å²) in [4.78, 5) is 15.0. The lowest BCUT2D eigenvalue weighted by Crippen LogP contribution is -2.39. The van der Waals surface area contributed by atoms with Crippen LogP contribution < -0.4 is 10.5 Å². The number of fused-ring (bicyclic) bond motifs is 3. The van der Waals surface area contributed by atoms with Gasteiger partial charge in [-0.25, -0.2) is 0 Å². The van der Waals surface area contributed by atoms with Gasteiger partial charge in [0.25, 0.3) is 0 Å². The summed E-state index contributed by atoms with van der Waals surface area (Å²) in [6.45, 7) is 3.69. The molecule has 25 heavy (non-hydrogen) atoms. The van der Waals surface area contributed by atoms with Crippen molar-refractivity contribution in [1.29, 1.82) is 0 Å². The summed E-state index contributed by atoms with van der Waals surface area (Å²) in [7, 11) is 0. The van der Waals surface area contributed by atoms with Crippen molar-refractivity contribution < 1.29 is 9.53 Å². The number of anilines is 1. The maximum atomic E-state index is 12.5. The van der Waals surface area contributed by atoms with Crippen LogP contribution in [-0.2, 0) is 0 Å². The number of ether oxygens (including phenoxy) is 1. The van der Waals surface area contributed by atoms with Crippen molar-refractivity contribution in [1.82, 2.24) is 4.90 Å². The average molecular weight is 336 g/mol. The van der Waals surface area contributed by atoms with E-state index in [0.29, 0.717) is 18.3 Å². The standard InChI is InChI=1S/C21H24N2O2/c22-15-6-8-16(9-7-15)25-13-3-11-23-12-10-19-20(14-23)17-4-1-2-5-18(17)21(19)24/h1-2,4-9,19-20H,3,10-14,22H2. The summed E-state index contributed by atoms with van der Waals surface area (Å²) in [5, 5.41) is 0. The molecule has 1 heterocycles. The van der Waals surface area contributed by atoms with Crippen LogP contribution in [0.2, 0.25) is 0 Å². The first kappa shape index (κ1) is 16.2. The van der Waals surface area contributed by atoms with E-state index in [1.807, 2.05) is 42.5 Å². The van der Waals surface area contributed by atoms with Gasteiger partial charge >= 0.3 is 0 Å². The minimum atomic E-state index is 0.194. The minimum absolute atomic E-state index is 0.194. The maximum Gasteiger partial charge on any atom is 0.166 e. The van der Waals surface area contributed by atoms with Crippen LogP contribution in [0.25, 0.3) is 0 Å². The topological polar surface area (TPSA) is 55.6 Å². The van der Waals surface area contributed by atoms with Gasteiger partial charge in [0.2, 0.25) is 0 Å². The fourth-order valence-corrected chi connectivity index (χ4v) is 4.14. The van der Waals surface area contributed by atoms with Crippen LogP contribution in [0.1, 0.15) is 34.7 Å². The van der Waals surface area contributed by atoms with Crippen LogP contribution in [0.15, 0.2) is 48.5 Å². The number of piperidine rings is 1. The molecule has 1 fully saturated rings. The largest absolute Gasteiger partial charge is 0.494 e. The number of nitrogens with zero attached hydrogens (tertiary/aromatic N) is 1. The fourth-order valence-electron chi connectivity index (χ4n) is 4.14. The number of rotatable bonds is 5. The van der Waals surface area contributed by atoms with Crippen molar-refractivity contribution in [3.05, 3.63) is 59.7 Å². The molecule has 1 aliphatic heterocycles. The van der Waals surface area contributed by atoms with Gasteiger partial charge in [-0.3, -0.25) is 4.79 Å². The van der Waals surface area contributed by atoms with E-state index in [4.69, 9.17) is 10.5 Å².